The SMILES string of the molecule is Cc1ccc(-c2nc(-c3cc(C(=O)O)cs3)cs2)c(Br)c1. The Labute approximate surface area is 138 Å². The number of aromatic carboxylic acids is 1. The smallest absolute Gasteiger partial charge is 0.336 e. The Bertz CT molecular complexity index is 823. The van der Waals surface area contributed by atoms with Gasteiger partial charge in [-0.3, -0.25) is 0 Å². The molecule has 2 aromatic heterocycles. The highest BCUT2D eigenvalue weighted by Crippen LogP contribution is 2.35. The molecule has 0 fully saturated rings. The van der Waals surface area contributed by atoms with Crippen LogP contribution in [-0.2, 0) is 0 Å². The average molecular weight is 380 g/mol. The third-order valence-corrected chi connectivity index (χ3v) is 5.44. The topological polar surface area (TPSA) is 50.2 Å². The van der Waals surface area contributed by atoms with Crippen LogP contribution in [0.2, 0.25) is 0 Å². The minimum Gasteiger partial charge on any atom is -0.478 e. The van der Waals surface area contributed by atoms with Gasteiger partial charge in [0.1, 0.15) is 5.01 Å². The Balaban J connectivity index is 1.97. The summed E-state index contributed by atoms with van der Waals surface area (Å²) in [5, 5.41) is 13.5. The second-order valence-corrected chi connectivity index (χ2v) is 7.15. The number of carboxylic acid groups (broad SMARTS) is 1. The standard InChI is InChI=1S/C15H10BrNO2S2/c1-8-2-3-10(11(16)4-8)14-17-12(7-21-14)13-5-9(6-20-13)15(18)19/h2-7H,1H3,(H,18,19). The van der Waals surface area contributed by atoms with Crippen molar-refractivity contribution in [2.45, 2.75) is 6.92 Å². The predicted octanol–water partition coefficient (Wildman–Crippen LogP) is 5.31. The molecule has 0 atom stereocenters. The first-order chi connectivity index (χ1) is 10.0. The fourth-order valence-corrected chi connectivity index (χ4v) is 4.48. The number of benzene rings is 1. The molecule has 6 heteroatoms. The van der Waals surface area contributed by atoms with E-state index in [-0.39, 0.29) is 0 Å². The molecule has 3 nitrogen and oxygen atoms in total. The highest BCUT2D eigenvalue weighted by molar-refractivity contribution is 9.10. The van der Waals surface area contributed by atoms with Crippen LogP contribution in [0, 0.1) is 6.92 Å². The Morgan fingerprint density at radius 1 is 1.24 bits per heavy atom. The molecule has 0 aliphatic rings. The molecule has 0 saturated carbocycles. The summed E-state index contributed by atoms with van der Waals surface area (Å²) in [7, 11) is 0. The van der Waals surface area contributed by atoms with Gasteiger partial charge < -0.3 is 5.11 Å². The first kappa shape index (κ1) is 14.4. The van der Waals surface area contributed by atoms with Crippen LogP contribution in [-0.4, -0.2) is 16.1 Å². The van der Waals surface area contributed by atoms with Crippen molar-refractivity contribution in [2.24, 2.45) is 0 Å². The van der Waals surface area contributed by atoms with Crippen LogP contribution in [0.4, 0.5) is 0 Å². The van der Waals surface area contributed by atoms with Crippen molar-refractivity contribution in [1.29, 1.82) is 0 Å². The van der Waals surface area contributed by atoms with Gasteiger partial charge in [-0.2, -0.15) is 0 Å². The Morgan fingerprint density at radius 3 is 2.71 bits per heavy atom. The number of thiazole rings is 1. The van der Waals surface area contributed by atoms with E-state index in [2.05, 4.69) is 33.0 Å². The number of hydrogen-bond acceptors (Lipinski definition) is 4. The molecule has 0 aliphatic heterocycles. The van der Waals surface area contributed by atoms with E-state index in [1.807, 2.05) is 18.4 Å². The second kappa shape index (κ2) is 5.71. The number of halogens is 1. The number of carboxylic acids is 1. The van der Waals surface area contributed by atoms with Gasteiger partial charge in [-0.1, -0.05) is 28.1 Å². The lowest BCUT2D eigenvalue weighted by Gasteiger charge is -2.01. The summed E-state index contributed by atoms with van der Waals surface area (Å²) in [5.41, 5.74) is 3.36. The van der Waals surface area contributed by atoms with E-state index in [4.69, 9.17) is 5.11 Å². The molecule has 2 heterocycles. The highest BCUT2D eigenvalue weighted by Gasteiger charge is 2.13. The van der Waals surface area contributed by atoms with Crippen LogP contribution in [0.5, 0.6) is 0 Å². The molecule has 3 aromatic rings. The quantitative estimate of drug-likeness (QED) is 0.670. The third-order valence-electron chi connectivity index (χ3n) is 2.96. The molecule has 1 aromatic carbocycles. The van der Waals surface area contributed by atoms with Gasteiger partial charge in [0.25, 0.3) is 0 Å². The largest absolute Gasteiger partial charge is 0.478 e. The zero-order chi connectivity index (χ0) is 15.0. The van der Waals surface area contributed by atoms with Crippen molar-refractivity contribution in [3.05, 3.63) is 50.6 Å². The molecule has 106 valence electrons. The molecule has 0 spiro atoms. The number of rotatable bonds is 3. The summed E-state index contributed by atoms with van der Waals surface area (Å²) in [6.07, 6.45) is 0. The molecule has 0 bridgehead atoms. The third kappa shape index (κ3) is 2.92. The first-order valence-electron chi connectivity index (χ1n) is 6.09. The minimum atomic E-state index is -0.908. The van der Waals surface area contributed by atoms with E-state index < -0.39 is 5.97 Å². The molecule has 1 N–H and O–H groups in total. The summed E-state index contributed by atoms with van der Waals surface area (Å²) in [6, 6.07) is 7.81. The molecule has 3 rings (SSSR count). The van der Waals surface area contributed by atoms with Crippen molar-refractivity contribution < 1.29 is 9.90 Å². The molecule has 21 heavy (non-hydrogen) atoms. The van der Waals surface area contributed by atoms with E-state index in [1.165, 1.54) is 16.9 Å². The van der Waals surface area contributed by atoms with Gasteiger partial charge in [0.15, 0.2) is 0 Å². The number of thiophene rings is 1. The predicted molar refractivity (Wildman–Crippen MR) is 90.3 cm³/mol. The van der Waals surface area contributed by atoms with Gasteiger partial charge in [0.2, 0.25) is 0 Å². The van der Waals surface area contributed by atoms with Crippen molar-refractivity contribution in [3.8, 4) is 21.1 Å². The molecule has 0 saturated heterocycles. The Hall–Kier alpha value is -1.50. The van der Waals surface area contributed by atoms with Crippen molar-refractivity contribution in [2.75, 3.05) is 0 Å². The van der Waals surface area contributed by atoms with Crippen molar-refractivity contribution in [3.63, 3.8) is 0 Å². The fourth-order valence-electron chi connectivity index (χ4n) is 1.89. The monoisotopic (exact) mass is 379 g/mol. The number of aryl methyl sites for hydroxylation is 1. The first-order valence-corrected chi connectivity index (χ1v) is 8.64. The summed E-state index contributed by atoms with van der Waals surface area (Å²) in [5.74, 6) is -0.908. The molecule has 0 amide bonds. The van der Waals surface area contributed by atoms with Gasteiger partial charge in [0.05, 0.1) is 16.1 Å². The van der Waals surface area contributed by atoms with Gasteiger partial charge >= 0.3 is 5.97 Å². The summed E-state index contributed by atoms with van der Waals surface area (Å²) >= 11 is 6.52. The normalized spacial score (nSPS) is 10.8. The van der Waals surface area contributed by atoms with Crippen molar-refractivity contribution in [1.82, 2.24) is 4.98 Å². The lowest BCUT2D eigenvalue weighted by molar-refractivity contribution is 0.0697. The van der Waals surface area contributed by atoms with Crippen LogP contribution in [0.1, 0.15) is 15.9 Å². The zero-order valence-corrected chi connectivity index (χ0v) is 14.2. The maximum absolute atomic E-state index is 10.9. The van der Waals surface area contributed by atoms with E-state index in [1.54, 1.807) is 22.8 Å². The molecular weight excluding hydrogens is 370 g/mol. The van der Waals surface area contributed by atoms with Crippen LogP contribution in [0.25, 0.3) is 21.1 Å². The maximum Gasteiger partial charge on any atom is 0.336 e. The Kier molecular flexibility index (Phi) is 3.93. The summed E-state index contributed by atoms with van der Waals surface area (Å²) in [4.78, 5) is 16.4. The van der Waals surface area contributed by atoms with Crippen LogP contribution >= 0.6 is 38.6 Å². The maximum atomic E-state index is 10.9. The molecular formula is C15H10BrNO2S2. The number of nitrogens with zero attached hydrogens (tertiary/aromatic N) is 1. The van der Waals surface area contributed by atoms with Gasteiger partial charge in [-0.05, 0) is 24.6 Å². The molecule has 0 aliphatic carbocycles. The molecule has 0 radical (unpaired) electrons. The second-order valence-electron chi connectivity index (χ2n) is 4.53. The van der Waals surface area contributed by atoms with Crippen LogP contribution in [0.15, 0.2) is 39.5 Å². The van der Waals surface area contributed by atoms with Crippen LogP contribution < -0.4 is 0 Å². The summed E-state index contributed by atoms with van der Waals surface area (Å²) < 4.78 is 1.01. The van der Waals surface area contributed by atoms with Gasteiger partial charge in [-0.15, -0.1) is 22.7 Å². The number of hydrogen-bond donors (Lipinski definition) is 1. The Morgan fingerprint density at radius 2 is 2.05 bits per heavy atom. The number of carbonyl (C=O) groups is 1. The zero-order valence-electron chi connectivity index (χ0n) is 11.0. The average Bonchev–Trinajstić information content (AvgIpc) is 3.07. The van der Waals surface area contributed by atoms with E-state index in [0.717, 1.165) is 25.6 Å². The van der Waals surface area contributed by atoms with Crippen molar-refractivity contribution >= 4 is 44.6 Å². The number of aromatic nitrogens is 1. The summed E-state index contributed by atoms with van der Waals surface area (Å²) in [6.45, 7) is 2.04. The van der Waals surface area contributed by atoms with Crippen LogP contribution in [0.3, 0.4) is 0 Å². The fraction of sp³-hybridized carbons (Fsp3) is 0.0667. The molecule has 0 unspecified atom stereocenters. The minimum absolute atomic E-state index is 0.307. The van der Waals surface area contributed by atoms with E-state index in [9.17, 15) is 4.79 Å². The lowest BCUT2D eigenvalue weighted by atomic mass is 10.2. The lowest BCUT2D eigenvalue weighted by Crippen LogP contribution is -1.91. The van der Waals surface area contributed by atoms with Gasteiger partial charge in [0, 0.05) is 20.8 Å². The van der Waals surface area contributed by atoms with Gasteiger partial charge in [-0.25, -0.2) is 9.78 Å². The van der Waals surface area contributed by atoms with E-state index in [0.29, 0.717) is 5.56 Å². The highest BCUT2D eigenvalue weighted by atomic mass is 79.9. The van der Waals surface area contributed by atoms with E-state index >= 15 is 0 Å².